The van der Waals surface area contributed by atoms with E-state index in [4.69, 9.17) is 0 Å². The second kappa shape index (κ2) is 6.14. The maximum Gasteiger partial charge on any atom is 0.243 e. The van der Waals surface area contributed by atoms with Crippen LogP contribution in [-0.4, -0.2) is 50.4 Å². The lowest BCUT2D eigenvalue weighted by atomic mass is 9.99. The third-order valence-electron chi connectivity index (χ3n) is 5.10. The molecule has 3 aromatic heterocycles. The first kappa shape index (κ1) is 16.4. The average Bonchev–Trinajstić information content (AvgIpc) is 3.35. The van der Waals surface area contributed by atoms with Gasteiger partial charge in [0.25, 0.3) is 0 Å². The molecule has 1 N–H and O–H groups in total. The highest BCUT2D eigenvalue weighted by Gasteiger charge is 2.33. The largest absolute Gasteiger partial charge is 0.345 e. The minimum Gasteiger partial charge on any atom is -0.345 e. The predicted molar refractivity (Wildman–Crippen MR) is 99.8 cm³/mol. The molecule has 0 radical (unpaired) electrons. The van der Waals surface area contributed by atoms with Gasteiger partial charge in [-0.15, -0.1) is 10.2 Å². The molecule has 1 fully saturated rings. The number of benzene rings is 1. The fraction of sp³-hybridized carbons (Fsp3) is 0.278. The number of piperidine rings is 1. The van der Waals surface area contributed by atoms with Gasteiger partial charge in [-0.1, -0.05) is 18.2 Å². The van der Waals surface area contributed by atoms with Crippen molar-refractivity contribution in [1.29, 1.82) is 0 Å². The lowest BCUT2D eigenvalue weighted by Crippen LogP contribution is -2.39. The minimum absolute atomic E-state index is 0.0206. The molecule has 0 spiro atoms. The summed E-state index contributed by atoms with van der Waals surface area (Å²) in [5.41, 5.74) is 2.32. The predicted octanol–water partition coefficient (Wildman–Crippen LogP) is 2.17. The van der Waals surface area contributed by atoms with E-state index < -0.39 is 10.0 Å². The molecule has 0 unspecified atom stereocenters. The second-order valence-corrected chi connectivity index (χ2v) is 8.67. The van der Waals surface area contributed by atoms with Crippen LogP contribution in [0.25, 0.3) is 16.8 Å². The number of nitrogens with zero attached hydrogens (tertiary/aromatic N) is 5. The van der Waals surface area contributed by atoms with Crippen LogP contribution >= 0.6 is 0 Å². The molecule has 5 rings (SSSR count). The quantitative estimate of drug-likeness (QED) is 0.586. The van der Waals surface area contributed by atoms with E-state index in [1.165, 1.54) is 0 Å². The summed E-state index contributed by atoms with van der Waals surface area (Å²) in [6.07, 6.45) is 5.16. The van der Waals surface area contributed by atoms with Gasteiger partial charge in [0.15, 0.2) is 11.3 Å². The molecule has 1 aromatic carbocycles. The molecule has 27 heavy (non-hydrogen) atoms. The molecule has 4 aromatic rings. The van der Waals surface area contributed by atoms with Gasteiger partial charge in [0.05, 0.1) is 16.6 Å². The van der Waals surface area contributed by atoms with Gasteiger partial charge in [0, 0.05) is 25.2 Å². The molecule has 4 heterocycles. The van der Waals surface area contributed by atoms with Crippen LogP contribution in [0.4, 0.5) is 0 Å². The molecule has 1 atom stereocenters. The lowest BCUT2D eigenvalue weighted by molar-refractivity contribution is 0.308. The van der Waals surface area contributed by atoms with Crippen LogP contribution in [-0.2, 0) is 10.0 Å². The molecule has 9 heteroatoms. The van der Waals surface area contributed by atoms with Gasteiger partial charge in [-0.2, -0.15) is 4.31 Å². The Bertz CT molecular complexity index is 1210. The number of hydrogen-bond donors (Lipinski definition) is 1. The van der Waals surface area contributed by atoms with Crippen molar-refractivity contribution in [3.63, 3.8) is 0 Å². The molecule has 1 aliphatic rings. The third-order valence-corrected chi connectivity index (χ3v) is 6.98. The van der Waals surface area contributed by atoms with Crippen LogP contribution in [0.1, 0.15) is 24.6 Å². The van der Waals surface area contributed by atoms with E-state index in [-0.39, 0.29) is 5.92 Å². The van der Waals surface area contributed by atoms with Crippen molar-refractivity contribution < 1.29 is 8.42 Å². The smallest absolute Gasteiger partial charge is 0.243 e. The maximum atomic E-state index is 13.0. The zero-order valence-corrected chi connectivity index (χ0v) is 15.3. The average molecular weight is 382 g/mol. The van der Waals surface area contributed by atoms with Crippen molar-refractivity contribution in [2.24, 2.45) is 0 Å². The number of aromatic amines is 1. The van der Waals surface area contributed by atoms with Crippen LogP contribution in [0.5, 0.6) is 0 Å². The van der Waals surface area contributed by atoms with Crippen molar-refractivity contribution in [2.45, 2.75) is 23.7 Å². The van der Waals surface area contributed by atoms with Gasteiger partial charge < -0.3 is 4.98 Å². The maximum absolute atomic E-state index is 13.0. The van der Waals surface area contributed by atoms with Crippen LogP contribution < -0.4 is 0 Å². The summed E-state index contributed by atoms with van der Waals surface area (Å²) in [4.78, 5) is 7.76. The van der Waals surface area contributed by atoms with E-state index in [9.17, 15) is 8.42 Å². The van der Waals surface area contributed by atoms with Crippen LogP contribution in [0.2, 0.25) is 0 Å². The number of nitrogens with one attached hydrogen (secondary N) is 1. The number of sulfonamides is 1. The van der Waals surface area contributed by atoms with Crippen LogP contribution in [0.3, 0.4) is 0 Å². The zero-order valence-electron chi connectivity index (χ0n) is 14.5. The monoisotopic (exact) mass is 382 g/mol. The van der Waals surface area contributed by atoms with Crippen molar-refractivity contribution in [3.8, 4) is 0 Å². The molecular weight excluding hydrogens is 364 g/mol. The normalized spacial score (nSPS) is 19.0. The van der Waals surface area contributed by atoms with Crippen molar-refractivity contribution in [3.05, 3.63) is 54.6 Å². The highest BCUT2D eigenvalue weighted by atomic mass is 32.2. The minimum atomic E-state index is -3.51. The van der Waals surface area contributed by atoms with Gasteiger partial charge in [-0.25, -0.2) is 13.4 Å². The Labute approximate surface area is 155 Å². The number of fused-ring (bicyclic) bond motifs is 3. The first-order valence-corrected chi connectivity index (χ1v) is 10.3. The number of H-pyrrole nitrogens is 1. The Morgan fingerprint density at radius 1 is 1.11 bits per heavy atom. The van der Waals surface area contributed by atoms with Crippen molar-refractivity contribution in [1.82, 2.24) is 28.9 Å². The molecular formula is C18H18N6O2S. The van der Waals surface area contributed by atoms with Crippen molar-refractivity contribution >= 4 is 26.8 Å². The third kappa shape index (κ3) is 2.62. The lowest BCUT2D eigenvalue weighted by Gasteiger charge is -2.31. The van der Waals surface area contributed by atoms with Crippen molar-refractivity contribution in [2.75, 3.05) is 13.1 Å². The topological polar surface area (TPSA) is 96.2 Å². The van der Waals surface area contributed by atoms with Gasteiger partial charge in [-0.05, 0) is 31.0 Å². The van der Waals surface area contributed by atoms with Crippen LogP contribution in [0.15, 0.2) is 53.7 Å². The molecule has 1 aliphatic heterocycles. The summed E-state index contributed by atoms with van der Waals surface area (Å²) < 4.78 is 29.5. The first-order valence-electron chi connectivity index (χ1n) is 8.87. The fourth-order valence-electron chi connectivity index (χ4n) is 3.78. The van der Waals surface area contributed by atoms with E-state index >= 15 is 0 Å². The molecule has 8 nitrogen and oxygen atoms in total. The Kier molecular flexibility index (Phi) is 3.73. The summed E-state index contributed by atoms with van der Waals surface area (Å²) in [6.45, 7) is 0.915. The van der Waals surface area contributed by atoms with Crippen LogP contribution in [0, 0.1) is 0 Å². The fourth-order valence-corrected chi connectivity index (χ4v) is 5.32. The molecule has 0 aliphatic carbocycles. The van der Waals surface area contributed by atoms with E-state index in [1.54, 1.807) is 34.8 Å². The summed E-state index contributed by atoms with van der Waals surface area (Å²) in [7, 11) is -3.51. The summed E-state index contributed by atoms with van der Waals surface area (Å²) in [5.74, 6) is 0.762. The van der Waals surface area contributed by atoms with E-state index in [1.807, 2.05) is 22.7 Å². The highest BCUT2D eigenvalue weighted by molar-refractivity contribution is 7.89. The van der Waals surface area contributed by atoms with Gasteiger partial charge >= 0.3 is 0 Å². The van der Waals surface area contributed by atoms with Gasteiger partial charge in [0.2, 0.25) is 10.0 Å². The zero-order chi connectivity index (χ0) is 18.4. The Morgan fingerprint density at radius 2 is 1.96 bits per heavy atom. The molecule has 0 saturated carbocycles. The van der Waals surface area contributed by atoms with E-state index in [0.717, 1.165) is 29.8 Å². The molecule has 1 saturated heterocycles. The highest BCUT2D eigenvalue weighted by Crippen LogP contribution is 2.30. The SMILES string of the molecule is O=S(=O)(c1ccccc1)N1CCC[C@H](c2nnc3cnc4[nH]ccc4n23)C1. The van der Waals surface area contributed by atoms with E-state index in [2.05, 4.69) is 20.2 Å². The summed E-state index contributed by atoms with van der Waals surface area (Å²) >= 11 is 0. The van der Waals surface area contributed by atoms with Gasteiger partial charge in [-0.3, -0.25) is 4.40 Å². The standard InChI is InChI=1S/C18H18N6O2S/c25-27(26,14-6-2-1-3-7-14)23-10-4-5-13(12-23)18-22-21-16-11-20-17-15(24(16)18)8-9-19-17/h1-3,6-9,11,13,19H,4-5,10,12H2/t13-/m0/s1. The Hall–Kier alpha value is -2.78. The first-order chi connectivity index (χ1) is 13.1. The number of hydrogen-bond acceptors (Lipinski definition) is 5. The second-order valence-electron chi connectivity index (χ2n) is 6.74. The van der Waals surface area contributed by atoms with Gasteiger partial charge in [0.1, 0.15) is 5.82 Å². The molecule has 0 bridgehead atoms. The molecule has 0 amide bonds. The Morgan fingerprint density at radius 3 is 2.81 bits per heavy atom. The number of rotatable bonds is 3. The van der Waals surface area contributed by atoms with E-state index in [0.29, 0.717) is 23.6 Å². The Balaban J connectivity index is 1.54. The number of aromatic nitrogens is 5. The molecule has 138 valence electrons. The summed E-state index contributed by atoms with van der Waals surface area (Å²) in [6, 6.07) is 10.5. The summed E-state index contributed by atoms with van der Waals surface area (Å²) in [5, 5.41) is 8.61.